The second kappa shape index (κ2) is 10.5. The molecule has 1 aromatic heterocycles. The van der Waals surface area contributed by atoms with Crippen LogP contribution in [0.25, 0.3) is 34.3 Å². The van der Waals surface area contributed by atoms with E-state index in [0.717, 1.165) is 45.5 Å². The van der Waals surface area contributed by atoms with E-state index in [1.165, 1.54) is 17.0 Å². The monoisotopic (exact) mass is 543 g/mol. The Kier molecular flexibility index (Phi) is 6.59. The molecule has 0 atom stereocenters. The second-order valence-corrected chi connectivity index (χ2v) is 10.0. The number of nitro benzene ring substituents is 1. The third-order valence-corrected chi connectivity index (χ3v) is 7.43. The predicted octanol–water partition coefficient (Wildman–Crippen LogP) is 7.96. The molecule has 2 amide bonds. The minimum absolute atomic E-state index is 0.00626. The Bertz CT molecular complexity index is 1760. The third kappa shape index (κ3) is 4.61. The van der Waals surface area contributed by atoms with Crippen LogP contribution in [0.3, 0.4) is 0 Å². The van der Waals surface area contributed by atoms with Gasteiger partial charge in [0.05, 0.1) is 26.9 Å². The first kappa shape index (κ1) is 25.1. The lowest BCUT2D eigenvalue weighted by Gasteiger charge is -2.15. The summed E-state index contributed by atoms with van der Waals surface area (Å²) in [5.74, 6) is -0.385. The fourth-order valence-corrected chi connectivity index (χ4v) is 5.59. The number of para-hydroxylation sites is 1. The Morgan fingerprint density at radius 2 is 1.27 bits per heavy atom. The van der Waals surface area contributed by atoms with Crippen LogP contribution in [0.5, 0.6) is 0 Å². The Labute approximate surface area is 234 Å². The number of anilines is 1. The molecule has 1 aliphatic rings. The van der Waals surface area contributed by atoms with Gasteiger partial charge in [0.2, 0.25) is 0 Å². The van der Waals surface area contributed by atoms with Gasteiger partial charge in [-0.1, -0.05) is 78.9 Å². The van der Waals surface area contributed by atoms with Crippen molar-refractivity contribution in [1.29, 1.82) is 0 Å². The molecule has 0 N–H and O–H groups in total. The van der Waals surface area contributed by atoms with Crippen molar-refractivity contribution in [3.8, 4) is 28.2 Å². The average molecular weight is 544 g/mol. The Balaban J connectivity index is 1.57. The molecule has 0 unspecified atom stereocenters. The Hall–Kier alpha value is -5.21. The zero-order valence-corrected chi connectivity index (χ0v) is 21.8. The molecule has 4 aromatic carbocycles. The lowest BCUT2D eigenvalue weighted by molar-refractivity contribution is -0.384. The normalized spacial score (nSPS) is 14.2. The summed E-state index contributed by atoms with van der Waals surface area (Å²) in [6.07, 6.45) is 1.75. The second-order valence-electron chi connectivity index (χ2n) is 9.03. The minimum Gasteiger partial charge on any atom is -0.309 e. The summed E-state index contributed by atoms with van der Waals surface area (Å²) in [6.45, 7) is 0. The predicted molar refractivity (Wildman–Crippen MR) is 158 cm³/mol. The number of amides is 2. The van der Waals surface area contributed by atoms with Crippen molar-refractivity contribution in [3.63, 3.8) is 0 Å². The van der Waals surface area contributed by atoms with Gasteiger partial charge in [-0.3, -0.25) is 19.7 Å². The maximum atomic E-state index is 13.4. The van der Waals surface area contributed by atoms with Crippen molar-refractivity contribution in [2.24, 2.45) is 0 Å². The van der Waals surface area contributed by atoms with Gasteiger partial charge in [-0.25, -0.2) is 4.90 Å². The van der Waals surface area contributed by atoms with E-state index in [-0.39, 0.29) is 16.8 Å². The average Bonchev–Trinajstić information content (AvgIpc) is 3.50. The standard InChI is InChI=1S/C32H21N3O4S/c36-31-29(40-32(37)34(31)25-14-8-3-9-15-25)21-24-20-28(22-10-4-1-5-11-22)33(30(24)23-12-6-2-7-13-23)26-16-18-27(19-17-26)35(38)39/h1-21H. The molecular formula is C32H21N3O4S. The van der Waals surface area contributed by atoms with Crippen LogP contribution in [-0.4, -0.2) is 20.6 Å². The molecule has 1 saturated heterocycles. The van der Waals surface area contributed by atoms with Gasteiger partial charge in [-0.2, -0.15) is 0 Å². The van der Waals surface area contributed by atoms with E-state index >= 15 is 0 Å². The van der Waals surface area contributed by atoms with Crippen LogP contribution in [0.15, 0.2) is 126 Å². The number of carbonyl (C=O) groups excluding carboxylic acids is 2. The summed E-state index contributed by atoms with van der Waals surface area (Å²) in [6, 6.07) is 36.7. The quantitative estimate of drug-likeness (QED) is 0.123. The van der Waals surface area contributed by atoms with Gasteiger partial charge >= 0.3 is 0 Å². The molecular weight excluding hydrogens is 522 g/mol. The van der Waals surface area contributed by atoms with E-state index in [0.29, 0.717) is 10.6 Å². The van der Waals surface area contributed by atoms with Crippen LogP contribution in [0.2, 0.25) is 0 Å². The summed E-state index contributed by atoms with van der Waals surface area (Å²) in [5.41, 5.74) is 5.41. The SMILES string of the molecule is O=C1SC(=Cc2cc(-c3ccccc3)n(-c3ccc([N+](=O)[O-])cc3)c2-c2ccccc2)C(=O)N1c1ccccc1. The van der Waals surface area contributed by atoms with Gasteiger partial charge in [0.1, 0.15) is 0 Å². The van der Waals surface area contributed by atoms with E-state index < -0.39 is 4.92 Å². The van der Waals surface area contributed by atoms with Gasteiger partial charge in [0, 0.05) is 23.4 Å². The summed E-state index contributed by atoms with van der Waals surface area (Å²) >= 11 is 0.902. The van der Waals surface area contributed by atoms with Gasteiger partial charge < -0.3 is 4.57 Å². The molecule has 0 aliphatic carbocycles. The smallest absolute Gasteiger partial charge is 0.298 e. The van der Waals surface area contributed by atoms with Crippen LogP contribution in [0.1, 0.15) is 5.56 Å². The third-order valence-electron chi connectivity index (χ3n) is 6.56. The first-order valence-electron chi connectivity index (χ1n) is 12.5. The molecule has 0 spiro atoms. The number of hydrogen-bond donors (Lipinski definition) is 0. The molecule has 194 valence electrons. The number of nitro groups is 1. The number of rotatable bonds is 6. The first-order chi connectivity index (χ1) is 19.5. The van der Waals surface area contributed by atoms with Gasteiger partial charge in [-0.05, 0) is 59.3 Å². The minimum atomic E-state index is -0.427. The van der Waals surface area contributed by atoms with Crippen molar-refractivity contribution in [2.75, 3.05) is 4.90 Å². The number of carbonyl (C=O) groups is 2. The van der Waals surface area contributed by atoms with Crippen molar-refractivity contribution < 1.29 is 14.5 Å². The molecule has 1 fully saturated rings. The van der Waals surface area contributed by atoms with Crippen LogP contribution in [0, 0.1) is 10.1 Å². The van der Waals surface area contributed by atoms with Crippen molar-refractivity contribution in [3.05, 3.63) is 142 Å². The maximum absolute atomic E-state index is 13.4. The number of hydrogen-bond acceptors (Lipinski definition) is 5. The van der Waals surface area contributed by atoms with Crippen LogP contribution in [0.4, 0.5) is 16.2 Å². The zero-order chi connectivity index (χ0) is 27.6. The molecule has 1 aliphatic heterocycles. The maximum Gasteiger partial charge on any atom is 0.298 e. The molecule has 0 bridgehead atoms. The van der Waals surface area contributed by atoms with Crippen LogP contribution >= 0.6 is 11.8 Å². The summed E-state index contributed by atoms with van der Waals surface area (Å²) in [5, 5.41) is 11.0. The van der Waals surface area contributed by atoms with Crippen molar-refractivity contribution in [2.45, 2.75) is 0 Å². The highest BCUT2D eigenvalue weighted by Gasteiger charge is 2.36. The number of benzene rings is 4. The number of nitrogens with zero attached hydrogens (tertiary/aromatic N) is 3. The van der Waals surface area contributed by atoms with Crippen LogP contribution < -0.4 is 4.90 Å². The molecule has 6 rings (SSSR count). The molecule has 40 heavy (non-hydrogen) atoms. The summed E-state index contributed by atoms with van der Waals surface area (Å²) < 4.78 is 2.03. The number of non-ortho nitro benzene ring substituents is 1. The highest BCUT2D eigenvalue weighted by atomic mass is 32.2. The Morgan fingerprint density at radius 1 is 0.700 bits per heavy atom. The Morgan fingerprint density at radius 3 is 1.88 bits per heavy atom. The lowest BCUT2D eigenvalue weighted by atomic mass is 10.1. The molecule has 0 radical (unpaired) electrons. The summed E-state index contributed by atoms with van der Waals surface area (Å²) in [7, 11) is 0. The molecule has 8 heteroatoms. The number of aromatic nitrogens is 1. The van der Waals surface area contributed by atoms with E-state index in [4.69, 9.17) is 0 Å². The first-order valence-corrected chi connectivity index (χ1v) is 13.3. The van der Waals surface area contributed by atoms with Gasteiger partial charge in [-0.15, -0.1) is 0 Å². The number of imide groups is 1. The number of thioether (sulfide) groups is 1. The van der Waals surface area contributed by atoms with Crippen molar-refractivity contribution >= 4 is 40.4 Å². The van der Waals surface area contributed by atoms with Gasteiger partial charge in [0.25, 0.3) is 16.8 Å². The van der Waals surface area contributed by atoms with Gasteiger partial charge in [0.15, 0.2) is 0 Å². The largest absolute Gasteiger partial charge is 0.309 e. The van der Waals surface area contributed by atoms with E-state index in [1.807, 2.05) is 77.4 Å². The highest BCUT2D eigenvalue weighted by molar-refractivity contribution is 8.19. The molecule has 2 heterocycles. The van der Waals surface area contributed by atoms with E-state index in [1.54, 1.807) is 42.5 Å². The highest BCUT2D eigenvalue weighted by Crippen LogP contribution is 2.41. The molecule has 5 aromatic rings. The summed E-state index contributed by atoms with van der Waals surface area (Å²) in [4.78, 5) is 38.8. The van der Waals surface area contributed by atoms with E-state index in [9.17, 15) is 19.7 Å². The fraction of sp³-hybridized carbons (Fsp3) is 0. The fourth-order valence-electron chi connectivity index (χ4n) is 4.75. The van der Waals surface area contributed by atoms with E-state index in [2.05, 4.69) is 0 Å². The molecule has 7 nitrogen and oxygen atoms in total. The van der Waals surface area contributed by atoms with Crippen molar-refractivity contribution in [1.82, 2.24) is 4.57 Å². The molecule has 0 saturated carbocycles. The topological polar surface area (TPSA) is 85.5 Å². The van der Waals surface area contributed by atoms with Crippen LogP contribution in [-0.2, 0) is 4.79 Å². The lowest BCUT2D eigenvalue weighted by Crippen LogP contribution is -2.27. The zero-order valence-electron chi connectivity index (χ0n) is 21.0.